The van der Waals surface area contributed by atoms with Crippen LogP contribution >= 0.6 is 27.5 Å². The van der Waals surface area contributed by atoms with Gasteiger partial charge in [-0.3, -0.25) is 25.0 Å². The largest absolute Gasteiger partial charge is 0.490 e. The van der Waals surface area contributed by atoms with E-state index < -0.39 is 22.8 Å². The lowest BCUT2D eigenvalue weighted by Gasteiger charge is -2.26. The summed E-state index contributed by atoms with van der Waals surface area (Å²) < 4.78 is 17.9. The van der Waals surface area contributed by atoms with Crippen LogP contribution in [-0.2, 0) is 22.8 Å². The number of benzene rings is 4. The van der Waals surface area contributed by atoms with E-state index in [1.54, 1.807) is 67.6 Å². The molecule has 0 saturated carbocycles. The maximum atomic E-state index is 13.5. The molecule has 0 atom stereocenters. The highest BCUT2D eigenvalue weighted by Gasteiger charge is 2.37. The van der Waals surface area contributed by atoms with Crippen molar-refractivity contribution in [2.24, 2.45) is 0 Å². The topological polar surface area (TPSA) is 137 Å². The van der Waals surface area contributed by atoms with Gasteiger partial charge >= 0.3 is 6.03 Å². The smallest absolute Gasteiger partial charge is 0.335 e. The van der Waals surface area contributed by atoms with E-state index in [1.807, 2.05) is 12.1 Å². The van der Waals surface area contributed by atoms with Gasteiger partial charge in [-0.25, -0.2) is 9.69 Å². The first kappa shape index (κ1) is 32.2. The Labute approximate surface area is 276 Å². The molecule has 0 aromatic heterocycles. The number of carbonyl (C=O) groups is 3. The van der Waals surface area contributed by atoms with Crippen molar-refractivity contribution in [2.75, 3.05) is 11.5 Å². The number of halogens is 2. The summed E-state index contributed by atoms with van der Waals surface area (Å²) in [7, 11) is 0. The molecule has 4 aromatic rings. The van der Waals surface area contributed by atoms with Crippen LogP contribution in [0.3, 0.4) is 0 Å². The molecule has 1 N–H and O–H groups in total. The van der Waals surface area contributed by atoms with Crippen molar-refractivity contribution in [2.45, 2.75) is 20.1 Å². The summed E-state index contributed by atoms with van der Waals surface area (Å²) in [6.45, 7) is 2.36. The average Bonchev–Trinajstić information content (AvgIpc) is 3.03. The van der Waals surface area contributed by atoms with Crippen LogP contribution in [0, 0.1) is 10.1 Å². The zero-order valence-electron chi connectivity index (χ0n) is 24.2. The molecule has 46 heavy (non-hydrogen) atoms. The van der Waals surface area contributed by atoms with Crippen LogP contribution in [0.25, 0.3) is 6.08 Å². The normalized spacial score (nSPS) is 13.8. The van der Waals surface area contributed by atoms with Crippen LogP contribution in [0.2, 0.25) is 5.02 Å². The van der Waals surface area contributed by atoms with Gasteiger partial charge in [-0.1, -0.05) is 35.9 Å². The number of hydrogen-bond donors (Lipinski definition) is 1. The molecule has 0 radical (unpaired) electrons. The maximum absolute atomic E-state index is 13.5. The van der Waals surface area contributed by atoms with Crippen molar-refractivity contribution >= 4 is 62.8 Å². The number of non-ortho nitro benzene ring substituents is 1. The van der Waals surface area contributed by atoms with E-state index in [2.05, 4.69) is 21.2 Å². The number of hydrogen-bond acceptors (Lipinski definition) is 8. The lowest BCUT2D eigenvalue weighted by Crippen LogP contribution is -2.54. The molecule has 0 spiro atoms. The van der Waals surface area contributed by atoms with Crippen molar-refractivity contribution < 1.29 is 33.5 Å². The summed E-state index contributed by atoms with van der Waals surface area (Å²) in [5.41, 5.74) is 1.80. The number of imide groups is 2. The molecule has 0 unspecified atom stereocenters. The summed E-state index contributed by atoms with van der Waals surface area (Å²) in [6.07, 6.45) is 1.35. The fourth-order valence-electron chi connectivity index (χ4n) is 4.49. The van der Waals surface area contributed by atoms with Gasteiger partial charge in [0.15, 0.2) is 11.5 Å². The van der Waals surface area contributed by atoms with E-state index in [-0.39, 0.29) is 30.2 Å². The van der Waals surface area contributed by atoms with Gasteiger partial charge in [0, 0.05) is 17.2 Å². The zero-order chi connectivity index (χ0) is 32.8. The van der Waals surface area contributed by atoms with Crippen LogP contribution in [0.15, 0.2) is 95.0 Å². The SMILES string of the molecule is CCOc1cc(/C=C2\C(=O)NC(=O)N(c3ccc(OCc4ccc(Cl)cc4)cc3)C2=O)cc(Br)c1OCc1cccc([N+](=O)[O-])c1. The van der Waals surface area contributed by atoms with E-state index in [9.17, 15) is 24.5 Å². The van der Waals surface area contributed by atoms with Gasteiger partial charge in [0.05, 0.1) is 21.7 Å². The number of carbonyl (C=O) groups excluding carboxylic acids is 3. The summed E-state index contributed by atoms with van der Waals surface area (Å²) >= 11 is 9.38. The highest BCUT2D eigenvalue weighted by molar-refractivity contribution is 9.10. The fraction of sp³-hybridized carbons (Fsp3) is 0.121. The Hall–Kier alpha value is -5.20. The van der Waals surface area contributed by atoms with Gasteiger partial charge in [0.1, 0.15) is 24.5 Å². The van der Waals surface area contributed by atoms with Gasteiger partial charge in [-0.2, -0.15) is 0 Å². The number of urea groups is 1. The minimum absolute atomic E-state index is 0.0176. The first-order valence-electron chi connectivity index (χ1n) is 13.8. The summed E-state index contributed by atoms with van der Waals surface area (Å²) in [4.78, 5) is 50.5. The van der Waals surface area contributed by atoms with E-state index in [4.69, 9.17) is 25.8 Å². The third-order valence-electron chi connectivity index (χ3n) is 6.66. The quantitative estimate of drug-likeness (QED) is 0.0746. The highest BCUT2D eigenvalue weighted by Crippen LogP contribution is 2.38. The van der Waals surface area contributed by atoms with Crippen LogP contribution in [0.5, 0.6) is 17.2 Å². The van der Waals surface area contributed by atoms with Crippen molar-refractivity contribution in [3.63, 3.8) is 0 Å². The van der Waals surface area contributed by atoms with Gasteiger partial charge in [0.2, 0.25) is 0 Å². The molecule has 1 aliphatic heterocycles. The number of barbiturate groups is 1. The average molecular weight is 707 g/mol. The second kappa shape index (κ2) is 14.3. The molecule has 1 saturated heterocycles. The maximum Gasteiger partial charge on any atom is 0.335 e. The number of anilines is 1. The van der Waals surface area contributed by atoms with Gasteiger partial charge < -0.3 is 14.2 Å². The van der Waals surface area contributed by atoms with Crippen molar-refractivity contribution in [1.29, 1.82) is 0 Å². The van der Waals surface area contributed by atoms with Gasteiger partial charge in [-0.05, 0) is 94.2 Å². The Morgan fingerprint density at radius 1 is 0.913 bits per heavy atom. The number of amides is 4. The van der Waals surface area contributed by atoms with Crippen molar-refractivity contribution in [1.82, 2.24) is 5.32 Å². The van der Waals surface area contributed by atoms with Crippen LogP contribution in [-0.4, -0.2) is 29.4 Å². The molecular formula is C33H25BrClN3O8. The molecule has 1 fully saturated rings. The van der Waals surface area contributed by atoms with Crippen LogP contribution in [0.1, 0.15) is 23.6 Å². The number of nitrogens with one attached hydrogen (secondary N) is 1. The minimum Gasteiger partial charge on any atom is -0.490 e. The number of nitrogens with zero attached hydrogens (tertiary/aromatic N) is 2. The summed E-state index contributed by atoms with van der Waals surface area (Å²) in [5.74, 6) is -0.528. The summed E-state index contributed by atoms with van der Waals surface area (Å²) in [6, 6.07) is 21.9. The van der Waals surface area contributed by atoms with Crippen LogP contribution in [0.4, 0.5) is 16.2 Å². The zero-order valence-corrected chi connectivity index (χ0v) is 26.5. The van der Waals surface area contributed by atoms with E-state index in [0.29, 0.717) is 44.5 Å². The predicted octanol–water partition coefficient (Wildman–Crippen LogP) is 7.23. The van der Waals surface area contributed by atoms with Crippen molar-refractivity contribution in [3.8, 4) is 17.2 Å². The van der Waals surface area contributed by atoms with Gasteiger partial charge in [0.25, 0.3) is 17.5 Å². The third kappa shape index (κ3) is 7.53. The number of ether oxygens (including phenoxy) is 3. The highest BCUT2D eigenvalue weighted by atomic mass is 79.9. The molecule has 0 aliphatic carbocycles. The molecule has 1 aliphatic rings. The van der Waals surface area contributed by atoms with Gasteiger partial charge in [-0.15, -0.1) is 0 Å². The number of nitro benzene ring substituents is 1. The first-order valence-corrected chi connectivity index (χ1v) is 15.0. The number of nitro groups is 1. The minimum atomic E-state index is -0.886. The fourth-order valence-corrected chi connectivity index (χ4v) is 5.19. The molecule has 234 valence electrons. The van der Waals surface area contributed by atoms with E-state index in [1.165, 1.54) is 18.2 Å². The lowest BCUT2D eigenvalue weighted by atomic mass is 10.1. The monoisotopic (exact) mass is 705 g/mol. The molecule has 11 nitrogen and oxygen atoms in total. The molecular weight excluding hydrogens is 682 g/mol. The Balaban J connectivity index is 1.35. The van der Waals surface area contributed by atoms with Crippen molar-refractivity contribution in [3.05, 3.63) is 127 Å². The Bertz CT molecular complexity index is 1850. The molecule has 13 heteroatoms. The standard InChI is InChI=1S/C33H25BrClN3O8/c1-2-44-29-17-22(16-28(34)30(29)46-19-21-4-3-5-25(14-21)38(42)43)15-27-31(39)36-33(41)37(32(27)40)24-10-12-26(13-11-24)45-18-20-6-8-23(35)9-7-20/h3-17H,2,18-19H2,1H3,(H,36,39,41)/b27-15+. The second-order valence-electron chi connectivity index (χ2n) is 9.85. The molecule has 5 rings (SSSR count). The molecule has 0 bridgehead atoms. The second-order valence-corrected chi connectivity index (χ2v) is 11.1. The van der Waals surface area contributed by atoms with E-state index >= 15 is 0 Å². The predicted molar refractivity (Wildman–Crippen MR) is 174 cm³/mol. The molecule has 1 heterocycles. The first-order chi connectivity index (χ1) is 22.1. The third-order valence-corrected chi connectivity index (χ3v) is 7.50. The molecule has 4 aromatic carbocycles. The Morgan fingerprint density at radius 3 is 2.33 bits per heavy atom. The molecule has 4 amide bonds. The number of rotatable bonds is 11. The van der Waals surface area contributed by atoms with Crippen LogP contribution < -0.4 is 24.4 Å². The Morgan fingerprint density at radius 2 is 1.63 bits per heavy atom. The van der Waals surface area contributed by atoms with E-state index in [0.717, 1.165) is 10.5 Å². The Kier molecular flexibility index (Phi) is 9.99. The summed E-state index contributed by atoms with van der Waals surface area (Å²) in [5, 5.41) is 14.0. The lowest BCUT2D eigenvalue weighted by molar-refractivity contribution is -0.384.